The standard InChI is InChI=1S/C16H27N3O2/c1-17(2)10-5-8-16(21)19-11-9-14-13(12-19)6-4-7-15(20)18(14)3/h5,8,13-14H,4,6-7,9-12H2,1-3H3/b8-5+/t13-,14+/m0/s1. The van der Waals surface area contributed by atoms with Crippen molar-refractivity contribution in [3.05, 3.63) is 12.2 Å². The van der Waals surface area contributed by atoms with Crippen LogP contribution in [0.25, 0.3) is 0 Å². The molecule has 5 heteroatoms. The average molecular weight is 293 g/mol. The zero-order valence-electron chi connectivity index (χ0n) is 13.4. The average Bonchev–Trinajstić information content (AvgIpc) is 2.58. The number of fused-ring (bicyclic) bond motifs is 1. The van der Waals surface area contributed by atoms with Crippen molar-refractivity contribution in [1.82, 2.24) is 14.7 Å². The molecular weight excluding hydrogens is 266 g/mol. The molecule has 2 aliphatic heterocycles. The van der Waals surface area contributed by atoms with Crippen LogP contribution in [0.5, 0.6) is 0 Å². The number of piperidine rings is 1. The fourth-order valence-electron chi connectivity index (χ4n) is 3.36. The predicted octanol–water partition coefficient (Wildman–Crippen LogP) is 0.964. The minimum atomic E-state index is 0.105. The van der Waals surface area contributed by atoms with E-state index >= 15 is 0 Å². The molecule has 0 saturated carbocycles. The number of carbonyl (C=O) groups excluding carboxylic acids is 2. The Labute approximate surface area is 127 Å². The van der Waals surface area contributed by atoms with Gasteiger partial charge in [0, 0.05) is 45.2 Å². The molecule has 0 aromatic heterocycles. The Hall–Kier alpha value is -1.36. The lowest BCUT2D eigenvalue weighted by molar-refractivity contribution is -0.134. The van der Waals surface area contributed by atoms with E-state index in [1.54, 1.807) is 6.08 Å². The summed E-state index contributed by atoms with van der Waals surface area (Å²) >= 11 is 0. The lowest BCUT2D eigenvalue weighted by Crippen LogP contribution is -2.51. The monoisotopic (exact) mass is 293 g/mol. The maximum atomic E-state index is 12.2. The second-order valence-electron chi connectivity index (χ2n) is 6.46. The van der Waals surface area contributed by atoms with Crippen LogP contribution < -0.4 is 0 Å². The fraction of sp³-hybridized carbons (Fsp3) is 0.750. The summed E-state index contributed by atoms with van der Waals surface area (Å²) in [6.07, 6.45) is 7.15. The van der Waals surface area contributed by atoms with Crippen molar-refractivity contribution in [2.75, 3.05) is 40.8 Å². The number of hydrogen-bond donors (Lipinski definition) is 0. The third-order valence-corrected chi connectivity index (χ3v) is 4.59. The molecule has 2 saturated heterocycles. The summed E-state index contributed by atoms with van der Waals surface area (Å²) < 4.78 is 0. The number of likely N-dealkylation sites (N-methyl/N-ethyl adjacent to an activating group) is 1. The van der Waals surface area contributed by atoms with Crippen LogP contribution in [0, 0.1) is 5.92 Å². The Morgan fingerprint density at radius 1 is 1.38 bits per heavy atom. The van der Waals surface area contributed by atoms with E-state index < -0.39 is 0 Å². The first-order valence-electron chi connectivity index (χ1n) is 7.85. The molecule has 0 aromatic rings. The first-order valence-corrected chi connectivity index (χ1v) is 7.85. The molecule has 0 aromatic carbocycles. The van der Waals surface area contributed by atoms with Crippen molar-refractivity contribution in [2.45, 2.75) is 31.7 Å². The number of amides is 2. The summed E-state index contributed by atoms with van der Waals surface area (Å²) in [7, 11) is 5.89. The van der Waals surface area contributed by atoms with Crippen LogP contribution in [0.15, 0.2) is 12.2 Å². The molecular formula is C16H27N3O2. The highest BCUT2D eigenvalue weighted by molar-refractivity contribution is 5.87. The molecule has 2 amide bonds. The summed E-state index contributed by atoms with van der Waals surface area (Å²) in [5, 5.41) is 0. The highest BCUT2D eigenvalue weighted by Crippen LogP contribution is 2.29. The molecule has 0 bridgehead atoms. The van der Waals surface area contributed by atoms with Gasteiger partial charge in [-0.3, -0.25) is 9.59 Å². The van der Waals surface area contributed by atoms with Gasteiger partial charge in [0.1, 0.15) is 0 Å². The van der Waals surface area contributed by atoms with E-state index in [9.17, 15) is 9.59 Å². The van der Waals surface area contributed by atoms with Gasteiger partial charge in [-0.05, 0) is 39.3 Å². The molecule has 5 nitrogen and oxygen atoms in total. The van der Waals surface area contributed by atoms with Gasteiger partial charge in [-0.15, -0.1) is 0 Å². The smallest absolute Gasteiger partial charge is 0.246 e. The first kappa shape index (κ1) is 16.0. The summed E-state index contributed by atoms with van der Waals surface area (Å²) in [6.45, 7) is 2.32. The molecule has 2 rings (SSSR count). The summed E-state index contributed by atoms with van der Waals surface area (Å²) in [5.74, 6) is 0.795. The molecule has 2 fully saturated rings. The zero-order valence-corrected chi connectivity index (χ0v) is 13.4. The maximum absolute atomic E-state index is 12.2. The molecule has 0 radical (unpaired) electrons. The number of carbonyl (C=O) groups is 2. The van der Waals surface area contributed by atoms with Crippen molar-refractivity contribution < 1.29 is 9.59 Å². The molecule has 0 spiro atoms. The number of likely N-dealkylation sites (tertiary alicyclic amines) is 2. The van der Waals surface area contributed by atoms with Gasteiger partial charge in [0.25, 0.3) is 0 Å². The van der Waals surface area contributed by atoms with Crippen LogP contribution in [0.2, 0.25) is 0 Å². The topological polar surface area (TPSA) is 43.9 Å². The van der Waals surface area contributed by atoms with Crippen LogP contribution in [-0.4, -0.2) is 73.3 Å². The largest absolute Gasteiger partial charge is 0.342 e. The van der Waals surface area contributed by atoms with Gasteiger partial charge in [0.05, 0.1) is 0 Å². The van der Waals surface area contributed by atoms with E-state index in [0.29, 0.717) is 18.4 Å². The van der Waals surface area contributed by atoms with Crippen molar-refractivity contribution in [3.8, 4) is 0 Å². The molecule has 2 heterocycles. The molecule has 2 atom stereocenters. The van der Waals surface area contributed by atoms with Crippen molar-refractivity contribution in [2.24, 2.45) is 5.92 Å². The van der Waals surface area contributed by atoms with Gasteiger partial charge in [-0.2, -0.15) is 0 Å². The van der Waals surface area contributed by atoms with E-state index in [2.05, 4.69) is 0 Å². The minimum absolute atomic E-state index is 0.105. The number of rotatable bonds is 3. The van der Waals surface area contributed by atoms with Crippen molar-refractivity contribution in [3.63, 3.8) is 0 Å². The lowest BCUT2D eigenvalue weighted by atomic mass is 9.88. The van der Waals surface area contributed by atoms with Crippen LogP contribution in [0.3, 0.4) is 0 Å². The molecule has 0 unspecified atom stereocenters. The van der Waals surface area contributed by atoms with Gasteiger partial charge in [-0.1, -0.05) is 6.08 Å². The highest BCUT2D eigenvalue weighted by atomic mass is 16.2. The zero-order chi connectivity index (χ0) is 15.4. The number of nitrogens with zero attached hydrogens (tertiary/aromatic N) is 3. The van der Waals surface area contributed by atoms with Crippen LogP contribution >= 0.6 is 0 Å². The quantitative estimate of drug-likeness (QED) is 0.728. The Balaban J connectivity index is 1.94. The summed E-state index contributed by atoms with van der Waals surface area (Å²) in [4.78, 5) is 30.0. The normalized spacial score (nSPS) is 27.1. The van der Waals surface area contributed by atoms with E-state index in [0.717, 1.165) is 38.9 Å². The Morgan fingerprint density at radius 2 is 2.14 bits per heavy atom. The third-order valence-electron chi connectivity index (χ3n) is 4.59. The van der Waals surface area contributed by atoms with Crippen molar-refractivity contribution in [1.29, 1.82) is 0 Å². The molecule has 0 N–H and O–H groups in total. The predicted molar refractivity (Wildman–Crippen MR) is 82.8 cm³/mol. The van der Waals surface area contributed by atoms with Gasteiger partial charge in [0.15, 0.2) is 0 Å². The van der Waals surface area contributed by atoms with Crippen molar-refractivity contribution >= 4 is 11.8 Å². The van der Waals surface area contributed by atoms with E-state index in [-0.39, 0.29) is 11.8 Å². The van der Waals surface area contributed by atoms with Crippen LogP contribution in [0.4, 0.5) is 0 Å². The second-order valence-corrected chi connectivity index (χ2v) is 6.46. The maximum Gasteiger partial charge on any atom is 0.246 e. The van der Waals surface area contributed by atoms with E-state index in [1.165, 1.54) is 0 Å². The molecule has 118 valence electrons. The first-order chi connectivity index (χ1) is 9.99. The van der Waals surface area contributed by atoms with Crippen LogP contribution in [-0.2, 0) is 9.59 Å². The Bertz CT molecular complexity index is 420. The Morgan fingerprint density at radius 3 is 2.86 bits per heavy atom. The molecule has 2 aliphatic rings. The van der Waals surface area contributed by atoms with Gasteiger partial charge < -0.3 is 14.7 Å². The SMILES string of the molecule is CN(C)C/C=C/C(=O)N1CC[C@@H]2[C@@H](CCCC(=O)N2C)C1. The van der Waals surface area contributed by atoms with E-state index in [1.807, 2.05) is 41.9 Å². The summed E-state index contributed by atoms with van der Waals surface area (Å²) in [5.41, 5.74) is 0. The fourth-order valence-corrected chi connectivity index (χ4v) is 3.36. The lowest BCUT2D eigenvalue weighted by Gasteiger charge is -2.41. The third kappa shape index (κ3) is 4.06. The number of hydrogen-bond acceptors (Lipinski definition) is 3. The van der Waals surface area contributed by atoms with Gasteiger partial charge >= 0.3 is 0 Å². The van der Waals surface area contributed by atoms with Crippen LogP contribution in [0.1, 0.15) is 25.7 Å². The van der Waals surface area contributed by atoms with Gasteiger partial charge in [-0.25, -0.2) is 0 Å². The van der Waals surface area contributed by atoms with Gasteiger partial charge in [0.2, 0.25) is 11.8 Å². The Kier molecular flexibility index (Phi) is 5.39. The second kappa shape index (κ2) is 7.07. The van der Waals surface area contributed by atoms with E-state index in [4.69, 9.17) is 0 Å². The summed E-state index contributed by atoms with van der Waals surface area (Å²) in [6, 6.07) is 0.315. The highest BCUT2D eigenvalue weighted by Gasteiger charge is 2.36. The molecule has 21 heavy (non-hydrogen) atoms. The molecule has 0 aliphatic carbocycles. The minimum Gasteiger partial charge on any atom is -0.342 e.